The van der Waals surface area contributed by atoms with Crippen LogP contribution < -0.4 is 0 Å². The van der Waals surface area contributed by atoms with Gasteiger partial charge >= 0.3 is 0 Å². The molecule has 0 radical (unpaired) electrons. The predicted molar refractivity (Wildman–Crippen MR) is 51.1 cm³/mol. The Labute approximate surface area is 70.8 Å². The Hall–Kier alpha value is -0.0300. The summed E-state index contributed by atoms with van der Waals surface area (Å²) >= 11 is 0. The fourth-order valence-electron chi connectivity index (χ4n) is 0.228. The Morgan fingerprint density at radius 1 is 1.36 bits per heavy atom. The lowest BCUT2D eigenvalue weighted by molar-refractivity contribution is 0.602. The van der Waals surface area contributed by atoms with Crippen LogP contribution in [-0.2, 0) is 24.4 Å². The highest BCUT2D eigenvalue weighted by Crippen LogP contribution is 1.71. The Morgan fingerprint density at radius 3 is 1.64 bits per heavy atom. The van der Waals surface area contributed by atoms with Gasteiger partial charge in [0.15, 0.2) is 0 Å². The molecule has 0 aromatic rings. The van der Waals surface area contributed by atoms with Gasteiger partial charge in [-0.25, -0.2) is 8.42 Å². The summed E-state index contributed by atoms with van der Waals surface area (Å²) in [7, 11) is -3.48. The van der Waals surface area contributed by atoms with Crippen LogP contribution in [-0.4, -0.2) is 32.6 Å². The molecule has 3 nitrogen and oxygen atoms in total. The van der Waals surface area contributed by atoms with Crippen LogP contribution in [0.25, 0.3) is 0 Å². The van der Waals surface area contributed by atoms with Crippen molar-refractivity contribution in [1.29, 1.82) is 0 Å². The van der Waals surface area contributed by atoms with E-state index in [1.54, 1.807) is 0 Å². The molecular weight excluding hydrogens is 184 g/mol. The van der Waals surface area contributed by atoms with Crippen LogP contribution >= 0.6 is 0 Å². The van der Waals surface area contributed by atoms with Gasteiger partial charge in [0.1, 0.15) is 9.84 Å². The van der Waals surface area contributed by atoms with E-state index < -0.39 is 20.2 Å². The van der Waals surface area contributed by atoms with Gasteiger partial charge in [0.2, 0.25) is 0 Å². The average molecular weight is 199 g/mol. The van der Waals surface area contributed by atoms with Gasteiger partial charge in [-0.15, -0.1) is 5.75 Å². The first kappa shape index (κ1) is 13.6. The second kappa shape index (κ2) is 6.67. The maximum absolute atomic E-state index is 10.0. The molecule has 0 aliphatic rings. The molecule has 0 saturated heterocycles. The second-order valence-electron chi connectivity index (χ2n) is 2.29. The minimum atomic E-state index is -2.67. The molecule has 0 amide bonds. The molecule has 0 unspecified atom stereocenters. The highest BCUT2D eigenvalue weighted by Gasteiger charge is 1.79. The first-order valence-corrected chi connectivity index (χ1v) is 6.89. The Morgan fingerprint density at radius 2 is 1.64 bits per heavy atom. The highest BCUT2D eigenvalue weighted by atomic mass is 32.2. The summed E-state index contributed by atoms with van der Waals surface area (Å²) in [5, 5.41) is 0. The van der Waals surface area contributed by atoms with E-state index in [1.165, 1.54) is 0 Å². The largest absolute Gasteiger partial charge is 0.462 e. The van der Waals surface area contributed by atoms with E-state index in [0.717, 1.165) is 24.7 Å². The topological polar surface area (TPSA) is 51.2 Å². The molecule has 0 aromatic heterocycles. The lowest BCUT2D eigenvalue weighted by Gasteiger charge is -1.90. The fraction of sp³-hybridized carbons (Fsp3) is 0.833. The smallest absolute Gasteiger partial charge is 0.144 e. The Kier molecular flexibility index (Phi) is 8.21. The maximum atomic E-state index is 10.0. The van der Waals surface area contributed by atoms with E-state index >= 15 is 0 Å². The van der Waals surface area contributed by atoms with Crippen molar-refractivity contribution in [2.75, 3.05) is 18.3 Å². The van der Waals surface area contributed by atoms with E-state index in [0.29, 0.717) is 0 Å². The van der Waals surface area contributed by atoms with Crippen molar-refractivity contribution in [2.24, 2.45) is 0 Å². The van der Waals surface area contributed by atoms with Crippen LogP contribution in [0.3, 0.4) is 0 Å². The van der Waals surface area contributed by atoms with E-state index in [2.05, 4.69) is 5.87 Å². The van der Waals surface area contributed by atoms with Gasteiger partial charge in [0.25, 0.3) is 0 Å². The van der Waals surface area contributed by atoms with Crippen molar-refractivity contribution in [3.63, 3.8) is 0 Å². The van der Waals surface area contributed by atoms with Crippen LogP contribution in [0.2, 0.25) is 0 Å². The minimum absolute atomic E-state index is 0.736. The van der Waals surface area contributed by atoms with Gasteiger partial charge in [-0.2, -0.15) is 5.87 Å². The van der Waals surface area contributed by atoms with Crippen molar-refractivity contribution >= 4 is 26.1 Å². The van der Waals surface area contributed by atoms with Crippen molar-refractivity contribution in [3.05, 3.63) is 0 Å². The average Bonchev–Trinajstić information content (AvgIpc) is 1.58. The number of rotatable bonds is 2. The fourth-order valence-corrected chi connectivity index (χ4v) is 0.683. The molecule has 0 rings (SSSR count). The number of sulfone groups is 1. The predicted octanol–water partition coefficient (Wildman–Crippen LogP) is 0.453. The standard InChI is InChI=1S/C4H9OS.C2H6O2S/c1-3-4-6(2)5;1-5(2,3)4/h2-4H2,1H3;1-2H3/q-1;. The molecule has 70 valence electrons. The molecule has 0 fully saturated rings. The molecule has 0 atom stereocenters. The van der Waals surface area contributed by atoms with Crippen molar-refractivity contribution in [3.8, 4) is 0 Å². The third kappa shape index (κ3) is 71.8. The molecule has 0 heterocycles. The molecule has 0 spiro atoms. The van der Waals surface area contributed by atoms with Gasteiger partial charge in [-0.3, -0.25) is 10.4 Å². The zero-order chi connectivity index (χ0) is 9.49. The monoisotopic (exact) mass is 199 g/mol. The zero-order valence-electron chi connectivity index (χ0n) is 7.16. The van der Waals surface area contributed by atoms with Crippen molar-refractivity contribution < 1.29 is 12.6 Å². The van der Waals surface area contributed by atoms with E-state index in [1.807, 2.05) is 6.92 Å². The van der Waals surface area contributed by atoms with Gasteiger partial charge in [-0.1, -0.05) is 13.3 Å². The summed E-state index contributed by atoms with van der Waals surface area (Å²) in [4.78, 5) is 0. The summed E-state index contributed by atoms with van der Waals surface area (Å²) in [5.41, 5.74) is 0. The summed E-state index contributed by atoms with van der Waals surface area (Å²) in [6, 6.07) is 0. The molecule has 0 saturated carbocycles. The quantitative estimate of drug-likeness (QED) is 0.479. The Balaban J connectivity index is 0. The molecule has 0 aromatic carbocycles. The van der Waals surface area contributed by atoms with E-state index in [4.69, 9.17) is 0 Å². The highest BCUT2D eigenvalue weighted by molar-refractivity contribution is 7.89. The lowest BCUT2D eigenvalue weighted by atomic mass is 10.6. The maximum Gasteiger partial charge on any atom is 0.144 e. The summed E-state index contributed by atoms with van der Waals surface area (Å²) in [6.45, 7) is 1.99. The molecule has 5 heteroatoms. The first-order valence-electron chi connectivity index (χ1n) is 3.10. The summed E-state index contributed by atoms with van der Waals surface area (Å²) in [6.07, 6.45) is 3.29. The van der Waals surface area contributed by atoms with Gasteiger partial charge in [0.05, 0.1) is 0 Å². The van der Waals surface area contributed by atoms with Crippen LogP contribution in [0.5, 0.6) is 0 Å². The van der Waals surface area contributed by atoms with E-state index in [9.17, 15) is 12.6 Å². The number of hydrogen-bond donors (Lipinski definition) is 0. The third-order valence-electron chi connectivity index (χ3n) is 0.432. The molecule has 0 aliphatic carbocycles. The third-order valence-corrected chi connectivity index (χ3v) is 1.30. The van der Waals surface area contributed by atoms with Gasteiger partial charge < -0.3 is 4.21 Å². The minimum Gasteiger partial charge on any atom is -0.462 e. The summed E-state index contributed by atoms with van der Waals surface area (Å²) < 4.78 is 29.3. The van der Waals surface area contributed by atoms with Crippen LogP contribution in [0.4, 0.5) is 0 Å². The van der Waals surface area contributed by atoms with Gasteiger partial charge in [-0.05, 0) is 0 Å². The van der Waals surface area contributed by atoms with E-state index in [-0.39, 0.29) is 0 Å². The zero-order valence-corrected chi connectivity index (χ0v) is 8.80. The molecular formula is C6H15O3S2-. The Bertz CT molecular complexity index is 221. The molecule has 11 heavy (non-hydrogen) atoms. The van der Waals surface area contributed by atoms with Crippen LogP contribution in [0.1, 0.15) is 13.3 Å². The number of hydrogen-bond acceptors (Lipinski definition) is 4. The summed E-state index contributed by atoms with van der Waals surface area (Å²) in [5.74, 6) is 4.04. The van der Waals surface area contributed by atoms with Crippen molar-refractivity contribution in [2.45, 2.75) is 13.3 Å². The molecule has 0 bridgehead atoms. The molecule has 0 N–H and O–H groups in total. The SMILES string of the molecule is C=[S-](=O)CCC.CS(C)(=O)=O. The normalized spacial score (nSPS) is 10.5. The second-order valence-corrected chi connectivity index (χ2v) is 5.86. The van der Waals surface area contributed by atoms with Crippen LogP contribution in [0, 0.1) is 0 Å². The van der Waals surface area contributed by atoms with Crippen molar-refractivity contribution in [1.82, 2.24) is 0 Å². The van der Waals surface area contributed by atoms with Gasteiger partial charge in [0, 0.05) is 12.5 Å². The molecule has 0 aliphatic heterocycles. The lowest BCUT2D eigenvalue weighted by Crippen LogP contribution is -1.86. The van der Waals surface area contributed by atoms with Crippen LogP contribution in [0.15, 0.2) is 0 Å². The first-order chi connectivity index (χ1) is 4.77.